The molecule has 1 N–H and O–H groups in total. The molecule has 1 aromatic heterocycles. The maximum absolute atomic E-state index is 11.7. The Bertz CT molecular complexity index is 899. The van der Waals surface area contributed by atoms with Crippen molar-refractivity contribution < 1.29 is 23.9 Å². The molecule has 0 spiro atoms. The molecule has 1 aliphatic rings. The van der Waals surface area contributed by atoms with Gasteiger partial charge in [-0.05, 0) is 42.2 Å². The molecule has 1 fully saturated rings. The molecule has 1 aromatic carbocycles. The first-order valence-corrected chi connectivity index (χ1v) is 10.6. The highest BCUT2D eigenvalue weighted by molar-refractivity contribution is 8.15. The third kappa shape index (κ3) is 6.06. The summed E-state index contributed by atoms with van der Waals surface area (Å²) >= 11 is 1.02. The monoisotopic (exact) mass is 428 g/mol. The molecule has 1 saturated heterocycles. The van der Waals surface area contributed by atoms with Crippen LogP contribution in [0, 0.1) is 0 Å². The number of esters is 1. The zero-order valence-corrected chi connectivity index (χ0v) is 17.7. The largest absolute Gasteiger partial charge is 0.493 e. The summed E-state index contributed by atoms with van der Waals surface area (Å²) in [4.78, 5) is 38.7. The van der Waals surface area contributed by atoms with Crippen LogP contribution in [0.25, 0.3) is 0 Å². The summed E-state index contributed by atoms with van der Waals surface area (Å²) in [6.45, 7) is 3.94. The molecule has 2 amide bonds. The first kappa shape index (κ1) is 21.8. The number of pyridine rings is 1. The molecule has 158 valence electrons. The van der Waals surface area contributed by atoms with Crippen molar-refractivity contribution in [2.75, 3.05) is 13.2 Å². The minimum absolute atomic E-state index is 0.188. The van der Waals surface area contributed by atoms with E-state index in [1.54, 1.807) is 0 Å². The van der Waals surface area contributed by atoms with Crippen LogP contribution in [0.1, 0.15) is 36.6 Å². The van der Waals surface area contributed by atoms with Crippen molar-refractivity contribution in [3.8, 4) is 5.75 Å². The quantitative estimate of drug-likeness (QED) is 0.613. The van der Waals surface area contributed by atoms with Crippen molar-refractivity contribution in [1.82, 2.24) is 10.3 Å². The molecule has 1 aliphatic heterocycles. The Kier molecular flexibility index (Phi) is 7.46. The van der Waals surface area contributed by atoms with Gasteiger partial charge in [0.15, 0.2) is 0 Å². The maximum Gasteiger partial charge on any atom is 0.302 e. The van der Waals surface area contributed by atoms with E-state index >= 15 is 0 Å². The Labute approximate surface area is 179 Å². The molecule has 0 aliphatic carbocycles. The lowest BCUT2D eigenvalue weighted by Gasteiger charge is -2.17. The third-order valence-corrected chi connectivity index (χ3v) is 5.71. The molecule has 3 rings (SSSR count). The van der Waals surface area contributed by atoms with Gasteiger partial charge in [0.2, 0.25) is 5.91 Å². The molecule has 1 unspecified atom stereocenters. The molecular formula is C22H24N2O5S. The summed E-state index contributed by atoms with van der Waals surface area (Å²) in [5, 5.41) is 1.60. The molecule has 30 heavy (non-hydrogen) atoms. The lowest BCUT2D eigenvalue weighted by Crippen LogP contribution is -2.25. The van der Waals surface area contributed by atoms with Crippen molar-refractivity contribution in [2.45, 2.75) is 37.9 Å². The zero-order valence-electron chi connectivity index (χ0n) is 16.9. The predicted octanol–water partition coefficient (Wildman–Crippen LogP) is 3.26. The van der Waals surface area contributed by atoms with Crippen LogP contribution in [-0.2, 0) is 27.2 Å². The number of aryl methyl sites for hydroxylation is 1. The van der Waals surface area contributed by atoms with Crippen LogP contribution in [0.2, 0.25) is 0 Å². The maximum atomic E-state index is 11.7. The second kappa shape index (κ2) is 10.2. The van der Waals surface area contributed by atoms with Crippen molar-refractivity contribution in [3.63, 3.8) is 0 Å². The summed E-state index contributed by atoms with van der Waals surface area (Å²) in [5.74, 6) is -0.123. The number of benzene rings is 1. The van der Waals surface area contributed by atoms with Gasteiger partial charge in [0, 0.05) is 13.1 Å². The van der Waals surface area contributed by atoms with Gasteiger partial charge in [-0.1, -0.05) is 36.9 Å². The van der Waals surface area contributed by atoms with Gasteiger partial charge in [0.1, 0.15) is 12.4 Å². The number of carbonyl (C=O) groups is 3. The fraction of sp³-hybridized carbons (Fsp3) is 0.364. The van der Waals surface area contributed by atoms with Crippen molar-refractivity contribution in [2.24, 2.45) is 0 Å². The van der Waals surface area contributed by atoms with Crippen molar-refractivity contribution in [3.05, 3.63) is 59.4 Å². The predicted molar refractivity (Wildman–Crippen MR) is 114 cm³/mol. The highest BCUT2D eigenvalue weighted by atomic mass is 32.2. The smallest absolute Gasteiger partial charge is 0.302 e. The van der Waals surface area contributed by atoms with Crippen LogP contribution >= 0.6 is 11.8 Å². The van der Waals surface area contributed by atoms with Gasteiger partial charge in [-0.15, -0.1) is 0 Å². The second-order valence-electron chi connectivity index (χ2n) is 6.99. The Morgan fingerprint density at radius 2 is 1.87 bits per heavy atom. The standard InChI is InChI=1S/C22H24N2O5S/c1-3-15-6-9-19(23-11-15)17(12-28-14(2)25)13-29-18-7-4-16(5-8-18)10-20-21(26)24-22(27)30-20/h4-9,11,17,20H,3,10,12-13H2,1-2H3,(H,24,26,27)/t17-,20?/m1/s1. The minimum Gasteiger partial charge on any atom is -0.493 e. The number of thioether (sulfide) groups is 1. The van der Waals surface area contributed by atoms with E-state index in [0.717, 1.165) is 35.0 Å². The van der Waals surface area contributed by atoms with E-state index in [2.05, 4.69) is 17.2 Å². The van der Waals surface area contributed by atoms with E-state index in [1.807, 2.05) is 42.6 Å². The topological polar surface area (TPSA) is 94.6 Å². The fourth-order valence-electron chi connectivity index (χ4n) is 2.98. The van der Waals surface area contributed by atoms with E-state index in [4.69, 9.17) is 9.47 Å². The summed E-state index contributed by atoms with van der Waals surface area (Å²) in [6.07, 6.45) is 3.21. The lowest BCUT2D eigenvalue weighted by atomic mass is 10.1. The second-order valence-corrected chi connectivity index (χ2v) is 8.16. The van der Waals surface area contributed by atoms with Crippen LogP contribution in [0.15, 0.2) is 42.6 Å². The average molecular weight is 429 g/mol. The van der Waals surface area contributed by atoms with Gasteiger partial charge >= 0.3 is 5.97 Å². The Balaban J connectivity index is 1.60. The van der Waals surface area contributed by atoms with E-state index in [9.17, 15) is 14.4 Å². The Morgan fingerprint density at radius 3 is 2.43 bits per heavy atom. The van der Waals surface area contributed by atoms with Gasteiger partial charge in [-0.3, -0.25) is 24.7 Å². The number of amides is 2. The molecular weight excluding hydrogens is 404 g/mol. The van der Waals surface area contributed by atoms with Crippen LogP contribution in [0.3, 0.4) is 0 Å². The van der Waals surface area contributed by atoms with Crippen LogP contribution in [0.4, 0.5) is 4.79 Å². The number of hydrogen-bond acceptors (Lipinski definition) is 7. The molecule has 0 radical (unpaired) electrons. The van der Waals surface area contributed by atoms with Gasteiger partial charge < -0.3 is 9.47 Å². The normalized spacial score (nSPS) is 16.8. The van der Waals surface area contributed by atoms with Crippen LogP contribution in [0.5, 0.6) is 5.75 Å². The molecule has 0 bridgehead atoms. The van der Waals surface area contributed by atoms with Crippen LogP contribution < -0.4 is 10.1 Å². The molecule has 2 heterocycles. The third-order valence-electron chi connectivity index (χ3n) is 4.72. The number of carbonyl (C=O) groups excluding carboxylic acids is 3. The Morgan fingerprint density at radius 1 is 1.13 bits per heavy atom. The van der Waals surface area contributed by atoms with Crippen LogP contribution in [-0.4, -0.2) is 40.6 Å². The first-order valence-electron chi connectivity index (χ1n) is 9.76. The lowest BCUT2D eigenvalue weighted by molar-refractivity contribution is -0.141. The van der Waals surface area contributed by atoms with Gasteiger partial charge in [0.25, 0.3) is 5.24 Å². The molecule has 2 atom stereocenters. The SMILES string of the molecule is CCc1ccc([C@H](COC(C)=O)COc2ccc(CC3SC(=O)NC3=O)cc2)nc1. The minimum atomic E-state index is -0.394. The van der Waals surface area contributed by atoms with Crippen molar-refractivity contribution in [1.29, 1.82) is 0 Å². The Hall–Kier alpha value is -2.87. The number of nitrogens with one attached hydrogen (secondary N) is 1. The zero-order chi connectivity index (χ0) is 21.5. The van der Waals surface area contributed by atoms with E-state index in [0.29, 0.717) is 18.8 Å². The van der Waals surface area contributed by atoms with Gasteiger partial charge in [-0.25, -0.2) is 0 Å². The number of aromatic nitrogens is 1. The summed E-state index contributed by atoms with van der Waals surface area (Å²) in [6, 6.07) is 11.4. The number of rotatable bonds is 9. The number of ether oxygens (including phenoxy) is 2. The fourth-order valence-corrected chi connectivity index (χ4v) is 3.84. The average Bonchev–Trinajstić information content (AvgIpc) is 3.06. The van der Waals surface area contributed by atoms with E-state index in [-0.39, 0.29) is 29.6 Å². The molecule has 2 aromatic rings. The highest BCUT2D eigenvalue weighted by Gasteiger charge is 2.31. The van der Waals surface area contributed by atoms with E-state index < -0.39 is 5.25 Å². The number of hydrogen-bond donors (Lipinski definition) is 1. The molecule has 0 saturated carbocycles. The first-order chi connectivity index (χ1) is 14.4. The number of imide groups is 1. The van der Waals surface area contributed by atoms with Gasteiger partial charge in [0.05, 0.1) is 23.5 Å². The highest BCUT2D eigenvalue weighted by Crippen LogP contribution is 2.24. The summed E-state index contributed by atoms with van der Waals surface area (Å²) in [5.41, 5.74) is 2.88. The number of nitrogens with zero attached hydrogens (tertiary/aromatic N) is 1. The van der Waals surface area contributed by atoms with Crippen molar-refractivity contribution >= 4 is 28.9 Å². The van der Waals surface area contributed by atoms with Gasteiger partial charge in [-0.2, -0.15) is 0 Å². The molecule has 8 heteroatoms. The summed E-state index contributed by atoms with van der Waals surface area (Å²) < 4.78 is 11.1. The summed E-state index contributed by atoms with van der Waals surface area (Å²) in [7, 11) is 0. The molecule has 7 nitrogen and oxygen atoms in total. The van der Waals surface area contributed by atoms with E-state index in [1.165, 1.54) is 6.92 Å².